The molecule has 1 aromatic carbocycles. The Hall–Kier alpha value is -1.43. The van der Waals surface area contributed by atoms with Crippen molar-refractivity contribution in [2.45, 2.75) is 6.18 Å². The van der Waals surface area contributed by atoms with Crippen molar-refractivity contribution >= 4 is 18.4 Å². The van der Waals surface area contributed by atoms with Crippen molar-refractivity contribution in [3.8, 4) is 5.75 Å². The van der Waals surface area contributed by atoms with Crippen molar-refractivity contribution in [3.63, 3.8) is 0 Å². The lowest BCUT2D eigenvalue weighted by Gasteiger charge is -2.08. The number of halogens is 3. The third-order valence-electron chi connectivity index (χ3n) is 1.87. The van der Waals surface area contributed by atoms with Crippen LogP contribution in [-0.4, -0.2) is 12.4 Å². The van der Waals surface area contributed by atoms with E-state index in [1.807, 2.05) is 0 Å². The van der Waals surface area contributed by atoms with Crippen LogP contribution in [0, 0.1) is 0 Å². The minimum absolute atomic E-state index is 0.0388. The van der Waals surface area contributed by atoms with Gasteiger partial charge in [0.15, 0.2) is 6.61 Å². The Morgan fingerprint density at radius 1 is 1.29 bits per heavy atom. The summed E-state index contributed by atoms with van der Waals surface area (Å²) < 4.78 is 41.6. The smallest absolute Gasteiger partial charge is 0.416 e. The van der Waals surface area contributed by atoms with Crippen molar-refractivity contribution in [2.24, 2.45) is 0 Å². The van der Waals surface area contributed by atoms with E-state index in [-0.39, 0.29) is 17.3 Å². The molecule has 0 aliphatic rings. The number of ketones is 1. The maximum absolute atomic E-state index is 12.2. The number of carbonyl (C=O) groups is 1. The van der Waals surface area contributed by atoms with Gasteiger partial charge in [-0.05, 0) is 24.3 Å². The molecule has 0 saturated heterocycles. The molecule has 0 fully saturated rings. The zero-order valence-corrected chi connectivity index (χ0v) is 9.52. The first-order valence-electron chi connectivity index (χ1n) is 4.52. The Balaban J connectivity index is 2.63. The molecule has 17 heavy (non-hydrogen) atoms. The van der Waals surface area contributed by atoms with Gasteiger partial charge >= 0.3 is 6.18 Å². The van der Waals surface area contributed by atoms with Crippen LogP contribution in [0.2, 0.25) is 0 Å². The molecule has 0 heterocycles. The van der Waals surface area contributed by atoms with Crippen molar-refractivity contribution in [2.75, 3.05) is 6.61 Å². The van der Waals surface area contributed by atoms with Crippen LogP contribution >= 0.6 is 12.6 Å². The van der Waals surface area contributed by atoms with Crippen LogP contribution < -0.4 is 4.74 Å². The number of hydrogen-bond acceptors (Lipinski definition) is 3. The predicted octanol–water partition coefficient (Wildman–Crippen LogP) is 3.10. The molecular formula is C11H9F3O2S. The van der Waals surface area contributed by atoms with E-state index in [2.05, 4.69) is 19.2 Å². The van der Waals surface area contributed by atoms with Gasteiger partial charge in [0.05, 0.1) is 5.56 Å². The van der Waals surface area contributed by atoms with E-state index in [0.29, 0.717) is 0 Å². The Morgan fingerprint density at radius 3 is 2.24 bits per heavy atom. The van der Waals surface area contributed by atoms with Crippen molar-refractivity contribution < 1.29 is 22.7 Å². The molecule has 0 radical (unpaired) electrons. The Bertz CT molecular complexity index is 423. The fraction of sp³-hybridized carbons (Fsp3) is 0.182. The first-order chi connectivity index (χ1) is 7.80. The number of alkyl halides is 3. The molecule has 0 amide bonds. The molecule has 0 N–H and O–H groups in total. The third kappa shape index (κ3) is 4.14. The van der Waals surface area contributed by atoms with Gasteiger partial charge in [-0.2, -0.15) is 13.2 Å². The minimum atomic E-state index is -4.38. The van der Waals surface area contributed by atoms with E-state index in [9.17, 15) is 18.0 Å². The van der Waals surface area contributed by atoms with E-state index < -0.39 is 17.5 Å². The van der Waals surface area contributed by atoms with E-state index in [1.165, 1.54) is 0 Å². The van der Waals surface area contributed by atoms with E-state index in [4.69, 9.17) is 4.74 Å². The Labute approximate surface area is 101 Å². The zero-order chi connectivity index (χ0) is 13.1. The molecule has 1 aromatic rings. The van der Waals surface area contributed by atoms with Crippen LogP contribution in [0.15, 0.2) is 35.7 Å². The monoisotopic (exact) mass is 262 g/mol. The summed E-state index contributed by atoms with van der Waals surface area (Å²) in [6.07, 6.45) is -4.38. The first kappa shape index (κ1) is 13.6. The van der Waals surface area contributed by atoms with Gasteiger partial charge in [-0.1, -0.05) is 6.58 Å². The molecule has 0 aromatic heterocycles. The van der Waals surface area contributed by atoms with Crippen molar-refractivity contribution in [3.05, 3.63) is 41.3 Å². The van der Waals surface area contributed by atoms with Crippen LogP contribution in [0.1, 0.15) is 5.56 Å². The van der Waals surface area contributed by atoms with Crippen LogP contribution in [0.4, 0.5) is 13.2 Å². The first-order valence-corrected chi connectivity index (χ1v) is 4.96. The number of benzene rings is 1. The average Bonchev–Trinajstić information content (AvgIpc) is 2.25. The summed E-state index contributed by atoms with van der Waals surface area (Å²) in [5.74, 6) is -0.242. The van der Waals surface area contributed by atoms with Crippen LogP contribution in [0.25, 0.3) is 0 Å². The molecule has 6 heteroatoms. The summed E-state index contributed by atoms with van der Waals surface area (Å²) in [6, 6.07) is 4.07. The summed E-state index contributed by atoms with van der Waals surface area (Å²) in [5.41, 5.74) is -0.769. The summed E-state index contributed by atoms with van der Waals surface area (Å²) in [4.78, 5) is 11.1. The molecule has 92 valence electrons. The number of carbonyl (C=O) groups excluding carboxylic acids is 1. The molecular weight excluding hydrogens is 253 g/mol. The lowest BCUT2D eigenvalue weighted by atomic mass is 10.2. The molecule has 1 rings (SSSR count). The van der Waals surface area contributed by atoms with E-state index >= 15 is 0 Å². The van der Waals surface area contributed by atoms with Crippen LogP contribution in [-0.2, 0) is 11.0 Å². The fourth-order valence-electron chi connectivity index (χ4n) is 0.972. The molecule has 0 spiro atoms. The van der Waals surface area contributed by atoms with Gasteiger partial charge in [0.2, 0.25) is 5.78 Å². The van der Waals surface area contributed by atoms with Crippen molar-refractivity contribution in [1.82, 2.24) is 0 Å². The number of rotatable bonds is 4. The number of hydrogen-bond donors (Lipinski definition) is 1. The Kier molecular flexibility index (Phi) is 4.22. The minimum Gasteiger partial charge on any atom is -0.485 e. The van der Waals surface area contributed by atoms with Crippen LogP contribution in [0.3, 0.4) is 0 Å². The van der Waals surface area contributed by atoms with Gasteiger partial charge in [0.1, 0.15) is 5.75 Å². The van der Waals surface area contributed by atoms with Crippen molar-refractivity contribution in [1.29, 1.82) is 0 Å². The quantitative estimate of drug-likeness (QED) is 0.666. The molecule has 0 unspecified atom stereocenters. The van der Waals surface area contributed by atoms with E-state index in [1.54, 1.807) is 0 Å². The molecule has 0 aliphatic heterocycles. The summed E-state index contributed by atoms with van der Waals surface area (Å²) in [6.45, 7) is 3.00. The standard InChI is InChI=1S/C11H9F3O2S/c1-7(17)10(15)6-16-9-4-2-8(3-5-9)11(12,13)14/h2-5,17H,1,6H2. The second kappa shape index (κ2) is 5.27. The number of Topliss-reactive ketones (excluding diaryl/α,β-unsaturated/α-hetero) is 1. The van der Waals surface area contributed by atoms with Gasteiger partial charge in [0.25, 0.3) is 0 Å². The van der Waals surface area contributed by atoms with Crippen LogP contribution in [0.5, 0.6) is 5.75 Å². The molecule has 0 bridgehead atoms. The molecule has 0 atom stereocenters. The maximum Gasteiger partial charge on any atom is 0.416 e. The van der Waals surface area contributed by atoms with Gasteiger partial charge in [-0.3, -0.25) is 4.79 Å². The second-order valence-corrected chi connectivity index (χ2v) is 3.72. The molecule has 0 aliphatic carbocycles. The third-order valence-corrected chi connectivity index (χ3v) is 2.12. The molecule has 0 saturated carbocycles. The predicted molar refractivity (Wildman–Crippen MR) is 60.1 cm³/mol. The lowest BCUT2D eigenvalue weighted by molar-refractivity contribution is -0.137. The SMILES string of the molecule is C=C(S)C(=O)COc1ccc(C(F)(F)F)cc1. The highest BCUT2D eigenvalue weighted by Crippen LogP contribution is 2.30. The van der Waals surface area contributed by atoms with Gasteiger partial charge in [-0.15, -0.1) is 12.6 Å². The highest BCUT2D eigenvalue weighted by Gasteiger charge is 2.29. The average molecular weight is 262 g/mol. The largest absolute Gasteiger partial charge is 0.485 e. The summed E-state index contributed by atoms with van der Waals surface area (Å²) in [7, 11) is 0. The number of thiol groups is 1. The molecule has 2 nitrogen and oxygen atoms in total. The van der Waals surface area contributed by atoms with Gasteiger partial charge < -0.3 is 4.74 Å². The Morgan fingerprint density at radius 2 is 1.82 bits per heavy atom. The maximum atomic E-state index is 12.2. The number of ether oxygens (including phenoxy) is 1. The lowest BCUT2D eigenvalue weighted by Crippen LogP contribution is -2.11. The van der Waals surface area contributed by atoms with Gasteiger partial charge in [0, 0.05) is 4.91 Å². The van der Waals surface area contributed by atoms with Gasteiger partial charge in [-0.25, -0.2) is 0 Å². The summed E-state index contributed by atoms with van der Waals surface area (Å²) in [5, 5.41) is 0. The zero-order valence-electron chi connectivity index (χ0n) is 8.62. The highest BCUT2D eigenvalue weighted by atomic mass is 32.1. The topological polar surface area (TPSA) is 26.3 Å². The summed E-state index contributed by atoms with van der Waals surface area (Å²) >= 11 is 3.72. The van der Waals surface area contributed by atoms with E-state index in [0.717, 1.165) is 24.3 Å². The highest BCUT2D eigenvalue weighted by molar-refractivity contribution is 7.85. The normalized spacial score (nSPS) is 11.1. The fourth-order valence-corrected chi connectivity index (χ4v) is 1.04. The second-order valence-electron chi connectivity index (χ2n) is 3.18.